The Labute approximate surface area is 271 Å². The maximum atomic E-state index is 15.5. The van der Waals surface area contributed by atoms with Gasteiger partial charge >= 0.3 is 13.8 Å². The van der Waals surface area contributed by atoms with Crippen molar-refractivity contribution < 1.29 is 51.1 Å². The summed E-state index contributed by atoms with van der Waals surface area (Å²) in [6.45, 7) is -0.711. The van der Waals surface area contributed by atoms with Gasteiger partial charge in [0.05, 0.1) is 40.5 Å². The van der Waals surface area contributed by atoms with Crippen LogP contribution in [0.2, 0.25) is 0 Å². The number of nitriles is 1. The Morgan fingerprint density at radius 2 is 1.77 bits per heavy atom. The average molecular weight is 683 g/mol. The number of ether oxygens (including phenoxy) is 3. The Kier molecular flexibility index (Phi) is 10.5. The summed E-state index contributed by atoms with van der Waals surface area (Å²) in [5, 5.41) is 8.91. The molecule has 248 valence electrons. The van der Waals surface area contributed by atoms with Crippen LogP contribution in [0.25, 0.3) is 22.3 Å². The number of hydrogen-bond donors (Lipinski definition) is 2. The zero-order valence-electron chi connectivity index (χ0n) is 25.1. The first-order valence-electron chi connectivity index (χ1n) is 14.1. The second-order valence-corrected chi connectivity index (χ2v) is 11.5. The molecule has 2 aromatic heterocycles. The van der Waals surface area contributed by atoms with Crippen LogP contribution >= 0.6 is 7.82 Å². The first-order valence-corrected chi connectivity index (χ1v) is 15.6. The molecule has 12 nitrogen and oxygen atoms in total. The highest BCUT2D eigenvalue weighted by molar-refractivity contribution is 7.46. The van der Waals surface area contributed by atoms with E-state index in [1.807, 2.05) is 6.07 Å². The summed E-state index contributed by atoms with van der Waals surface area (Å²) in [5.74, 6) is -2.66. The lowest BCUT2D eigenvalue weighted by atomic mass is 10.0. The van der Waals surface area contributed by atoms with E-state index in [4.69, 9.17) is 29.3 Å². The minimum Gasteiger partial charge on any atom is -0.473 e. The number of hydrogen-bond acceptors (Lipinski definition) is 9. The highest BCUT2D eigenvalue weighted by atomic mass is 31.2. The predicted molar refractivity (Wildman–Crippen MR) is 163 cm³/mol. The number of rotatable bonds is 13. The van der Waals surface area contributed by atoms with Gasteiger partial charge in [0.1, 0.15) is 29.9 Å². The fourth-order valence-corrected chi connectivity index (χ4v) is 4.91. The number of carbonyl (C=O) groups excluding carboxylic acids is 1. The summed E-state index contributed by atoms with van der Waals surface area (Å²) in [5.41, 5.74) is 1.19. The molecule has 5 aromatic rings. The molecule has 0 spiro atoms. The van der Waals surface area contributed by atoms with Gasteiger partial charge in [-0.2, -0.15) is 5.26 Å². The maximum Gasteiger partial charge on any atom is 0.472 e. The molecule has 0 amide bonds. The number of esters is 1. The SMILES string of the molecule is COCCn1c(Cc2cc(F)c(-c3cccc(OCc4ccc(C#N)cc4F)n3)cc2F)nc2ccc(C(=O)OCOP(=O)(O)O)cc21. The van der Waals surface area contributed by atoms with E-state index in [1.54, 1.807) is 4.57 Å². The largest absolute Gasteiger partial charge is 0.473 e. The quantitative estimate of drug-likeness (QED) is 0.0924. The Morgan fingerprint density at radius 3 is 2.50 bits per heavy atom. The predicted octanol–water partition coefficient (Wildman–Crippen LogP) is 5.43. The van der Waals surface area contributed by atoms with Gasteiger partial charge in [-0.25, -0.2) is 37.0 Å². The Balaban J connectivity index is 1.37. The van der Waals surface area contributed by atoms with Crippen molar-refractivity contribution >= 4 is 24.8 Å². The van der Waals surface area contributed by atoms with Crippen LogP contribution < -0.4 is 4.74 Å². The van der Waals surface area contributed by atoms with Gasteiger partial charge in [-0.3, -0.25) is 0 Å². The van der Waals surface area contributed by atoms with E-state index in [0.717, 1.165) is 18.2 Å². The lowest BCUT2D eigenvalue weighted by Gasteiger charge is -2.12. The van der Waals surface area contributed by atoms with Crippen molar-refractivity contribution in [3.8, 4) is 23.2 Å². The highest BCUT2D eigenvalue weighted by Gasteiger charge is 2.20. The van der Waals surface area contributed by atoms with Crippen molar-refractivity contribution in [2.75, 3.05) is 20.5 Å². The maximum absolute atomic E-state index is 15.5. The van der Waals surface area contributed by atoms with Crippen LogP contribution in [0.4, 0.5) is 13.2 Å². The molecule has 0 atom stereocenters. The van der Waals surface area contributed by atoms with Gasteiger partial charge in [-0.05, 0) is 54.1 Å². The number of fused-ring (bicyclic) bond motifs is 1. The van der Waals surface area contributed by atoms with Crippen LogP contribution in [0.3, 0.4) is 0 Å². The van der Waals surface area contributed by atoms with E-state index in [9.17, 15) is 13.8 Å². The second kappa shape index (κ2) is 14.8. The van der Waals surface area contributed by atoms with Crippen LogP contribution in [-0.4, -0.2) is 50.8 Å². The number of phosphoric ester groups is 1. The summed E-state index contributed by atoms with van der Waals surface area (Å²) in [6, 6.07) is 16.7. The number of carbonyl (C=O) groups is 1. The molecular weight excluding hydrogens is 656 g/mol. The summed E-state index contributed by atoms with van der Waals surface area (Å²) < 4.78 is 77.4. The molecule has 0 unspecified atom stereocenters. The van der Waals surface area contributed by atoms with Crippen molar-refractivity contribution in [3.63, 3.8) is 0 Å². The molecule has 0 fully saturated rings. The minimum atomic E-state index is -4.84. The Bertz CT molecular complexity index is 2080. The van der Waals surface area contributed by atoms with E-state index < -0.39 is 38.0 Å². The third kappa shape index (κ3) is 8.24. The van der Waals surface area contributed by atoms with E-state index in [0.29, 0.717) is 16.9 Å². The first-order chi connectivity index (χ1) is 23.0. The molecule has 2 N–H and O–H groups in total. The summed E-state index contributed by atoms with van der Waals surface area (Å²) in [4.78, 5) is 38.8. The van der Waals surface area contributed by atoms with E-state index in [-0.39, 0.29) is 65.6 Å². The fraction of sp³-hybridized carbons (Fsp3) is 0.188. The van der Waals surface area contributed by atoms with Gasteiger partial charge in [0.25, 0.3) is 0 Å². The van der Waals surface area contributed by atoms with Gasteiger partial charge in [-0.15, -0.1) is 0 Å². The van der Waals surface area contributed by atoms with Crippen LogP contribution in [0.15, 0.2) is 66.7 Å². The summed E-state index contributed by atoms with van der Waals surface area (Å²) in [6.07, 6.45) is -0.135. The molecule has 0 radical (unpaired) electrons. The van der Waals surface area contributed by atoms with E-state index in [1.165, 1.54) is 55.6 Å². The number of halogens is 3. The molecule has 0 saturated carbocycles. The number of benzene rings is 3. The van der Waals surface area contributed by atoms with E-state index in [2.05, 4.69) is 14.5 Å². The number of aromatic nitrogens is 3. The molecule has 0 aliphatic carbocycles. The smallest absolute Gasteiger partial charge is 0.472 e. The number of imidazole rings is 1. The van der Waals surface area contributed by atoms with Crippen LogP contribution in [-0.2, 0) is 38.1 Å². The first kappa shape index (κ1) is 34.2. The normalized spacial score (nSPS) is 11.4. The van der Waals surface area contributed by atoms with Gasteiger partial charge in [-0.1, -0.05) is 12.1 Å². The number of phosphoric acid groups is 1. The molecular formula is C32H26F3N4O8P. The van der Waals surface area contributed by atoms with Crippen molar-refractivity contribution in [3.05, 3.63) is 112 Å². The lowest BCUT2D eigenvalue weighted by Crippen LogP contribution is -2.11. The van der Waals surface area contributed by atoms with Crippen LogP contribution in [0, 0.1) is 28.8 Å². The number of pyridine rings is 1. The molecule has 48 heavy (non-hydrogen) atoms. The van der Waals surface area contributed by atoms with Crippen molar-refractivity contribution in [2.45, 2.75) is 19.6 Å². The zero-order chi connectivity index (χ0) is 34.4. The lowest BCUT2D eigenvalue weighted by molar-refractivity contribution is 0.00651. The Morgan fingerprint density at radius 1 is 0.979 bits per heavy atom. The third-order valence-electron chi connectivity index (χ3n) is 7.03. The molecule has 0 aliphatic heterocycles. The van der Waals surface area contributed by atoms with Crippen molar-refractivity contribution in [1.82, 2.24) is 14.5 Å². The molecule has 16 heteroatoms. The molecule has 0 aliphatic rings. The van der Waals surface area contributed by atoms with Gasteiger partial charge in [0.2, 0.25) is 12.7 Å². The van der Waals surface area contributed by atoms with Gasteiger partial charge in [0.15, 0.2) is 0 Å². The van der Waals surface area contributed by atoms with Crippen LogP contribution in [0.5, 0.6) is 5.88 Å². The van der Waals surface area contributed by atoms with Crippen molar-refractivity contribution in [1.29, 1.82) is 5.26 Å². The Hall–Kier alpha value is -5.10. The molecule has 3 aromatic carbocycles. The standard InChI is InChI=1S/C32H26F3N4O8P/c1-44-10-9-39-29-13-20(32(40)46-18-47-48(41,42)43)7-8-28(29)37-30(39)14-22-12-26(35)23(15-25(22)34)27-3-2-4-31(38-27)45-17-21-6-5-19(16-36)11-24(21)33/h2-8,11-13,15H,9-10,14,17-18H2,1H3,(H2,41,42,43). The van der Waals surface area contributed by atoms with Crippen molar-refractivity contribution in [2.24, 2.45) is 0 Å². The van der Waals surface area contributed by atoms with E-state index >= 15 is 8.78 Å². The second-order valence-electron chi connectivity index (χ2n) is 10.2. The molecule has 0 bridgehead atoms. The number of nitrogens with zero attached hydrogens (tertiary/aromatic N) is 4. The monoisotopic (exact) mass is 682 g/mol. The van der Waals surface area contributed by atoms with Gasteiger partial charge in [0, 0.05) is 37.3 Å². The number of methoxy groups -OCH3 is 1. The molecule has 0 saturated heterocycles. The minimum absolute atomic E-state index is 0.0110. The fourth-order valence-electron chi connectivity index (χ4n) is 4.72. The summed E-state index contributed by atoms with van der Waals surface area (Å²) in [7, 11) is -3.36. The summed E-state index contributed by atoms with van der Waals surface area (Å²) >= 11 is 0. The zero-order valence-corrected chi connectivity index (χ0v) is 26.0. The van der Waals surface area contributed by atoms with Gasteiger partial charge < -0.3 is 28.6 Å². The molecule has 5 rings (SSSR count). The van der Waals surface area contributed by atoms with Crippen LogP contribution in [0.1, 0.15) is 32.9 Å². The third-order valence-corrected chi connectivity index (χ3v) is 7.48. The topological polar surface area (TPSA) is 166 Å². The average Bonchev–Trinajstić information content (AvgIpc) is 3.39. The highest BCUT2D eigenvalue weighted by Crippen LogP contribution is 2.35. The molecule has 2 heterocycles.